The molecule has 17 heavy (non-hydrogen) atoms. The Labute approximate surface area is 99.5 Å². The van der Waals surface area contributed by atoms with E-state index in [0.717, 1.165) is 5.56 Å². The zero-order valence-electron chi connectivity index (χ0n) is 9.13. The molecule has 0 amide bonds. The van der Waals surface area contributed by atoms with Crippen LogP contribution in [0.25, 0.3) is 0 Å². The lowest BCUT2D eigenvalue weighted by atomic mass is 10.1. The summed E-state index contributed by atoms with van der Waals surface area (Å²) in [5, 5.41) is 17.9. The first kappa shape index (κ1) is 11.0. The molecule has 0 aliphatic carbocycles. The summed E-state index contributed by atoms with van der Waals surface area (Å²) in [6.07, 6.45) is 0. The van der Waals surface area contributed by atoms with Crippen LogP contribution in [0, 0.1) is 11.3 Å². The van der Waals surface area contributed by atoms with E-state index in [1.54, 1.807) is 36.4 Å². The number of phenolic OH excluding ortho intramolecular Hbond substituents is 1. The van der Waals surface area contributed by atoms with E-state index in [-0.39, 0.29) is 5.75 Å². The zero-order chi connectivity index (χ0) is 12.1. The van der Waals surface area contributed by atoms with Crippen molar-refractivity contribution >= 4 is 0 Å². The lowest BCUT2D eigenvalue weighted by Gasteiger charge is -2.06. The van der Waals surface area contributed by atoms with Crippen molar-refractivity contribution < 1.29 is 9.84 Å². The third-order valence-corrected chi connectivity index (χ3v) is 2.30. The molecule has 0 spiro atoms. The molecule has 0 heterocycles. The molecule has 0 bridgehead atoms. The van der Waals surface area contributed by atoms with Crippen LogP contribution in [0.2, 0.25) is 0 Å². The van der Waals surface area contributed by atoms with Crippen molar-refractivity contribution in [2.75, 3.05) is 0 Å². The van der Waals surface area contributed by atoms with Crippen molar-refractivity contribution in [3.05, 3.63) is 59.7 Å². The quantitative estimate of drug-likeness (QED) is 0.873. The van der Waals surface area contributed by atoms with Gasteiger partial charge in [0.15, 0.2) is 0 Å². The van der Waals surface area contributed by atoms with Gasteiger partial charge in [-0.3, -0.25) is 0 Å². The molecule has 2 aromatic carbocycles. The normalized spacial score (nSPS) is 9.59. The topological polar surface area (TPSA) is 53.2 Å². The highest BCUT2D eigenvalue weighted by molar-refractivity contribution is 5.33. The minimum atomic E-state index is 0.212. The maximum absolute atomic E-state index is 9.12. The Hall–Kier alpha value is -2.47. The first-order valence-corrected chi connectivity index (χ1v) is 5.19. The molecular weight excluding hydrogens is 214 g/mol. The molecule has 2 rings (SSSR count). The molecule has 0 unspecified atom stereocenters. The monoisotopic (exact) mass is 225 g/mol. The average molecular weight is 225 g/mol. The van der Waals surface area contributed by atoms with Gasteiger partial charge in [0.25, 0.3) is 0 Å². The Morgan fingerprint density at radius 2 is 1.88 bits per heavy atom. The summed E-state index contributed by atoms with van der Waals surface area (Å²) in [5.74, 6) is 0.897. The van der Waals surface area contributed by atoms with Gasteiger partial charge in [0.1, 0.15) is 18.1 Å². The number of hydrogen-bond donors (Lipinski definition) is 1. The van der Waals surface area contributed by atoms with Gasteiger partial charge in [0, 0.05) is 0 Å². The van der Waals surface area contributed by atoms with Gasteiger partial charge in [-0.1, -0.05) is 12.1 Å². The Morgan fingerprint density at radius 1 is 1.12 bits per heavy atom. The van der Waals surface area contributed by atoms with Crippen LogP contribution < -0.4 is 4.74 Å². The second-order valence-electron chi connectivity index (χ2n) is 3.59. The van der Waals surface area contributed by atoms with Gasteiger partial charge in [0.05, 0.1) is 11.6 Å². The van der Waals surface area contributed by atoms with Crippen molar-refractivity contribution in [1.82, 2.24) is 0 Å². The number of nitrogens with zero attached hydrogens (tertiary/aromatic N) is 1. The number of nitriles is 1. The van der Waals surface area contributed by atoms with Gasteiger partial charge in [-0.05, 0) is 42.0 Å². The third-order valence-electron chi connectivity index (χ3n) is 2.30. The number of phenols is 1. The highest BCUT2D eigenvalue weighted by Crippen LogP contribution is 2.17. The maximum Gasteiger partial charge on any atom is 0.120 e. The lowest BCUT2D eigenvalue weighted by Crippen LogP contribution is -1.95. The van der Waals surface area contributed by atoms with Crippen molar-refractivity contribution in [2.45, 2.75) is 6.61 Å². The molecule has 1 N–H and O–H groups in total. The molecule has 3 nitrogen and oxygen atoms in total. The summed E-state index contributed by atoms with van der Waals surface area (Å²) in [6.45, 7) is 0.403. The van der Waals surface area contributed by atoms with Gasteiger partial charge in [0.2, 0.25) is 0 Å². The first-order chi connectivity index (χ1) is 8.28. The highest BCUT2D eigenvalue weighted by atomic mass is 16.5. The minimum Gasteiger partial charge on any atom is -0.508 e. The molecule has 3 heteroatoms. The van der Waals surface area contributed by atoms with E-state index in [0.29, 0.717) is 17.9 Å². The molecule has 0 atom stereocenters. The molecule has 0 saturated carbocycles. The van der Waals surface area contributed by atoms with Gasteiger partial charge in [-0.2, -0.15) is 5.26 Å². The number of aromatic hydroxyl groups is 1. The van der Waals surface area contributed by atoms with E-state index in [1.807, 2.05) is 12.1 Å². The van der Waals surface area contributed by atoms with Crippen LogP contribution in [0.3, 0.4) is 0 Å². The zero-order valence-corrected chi connectivity index (χ0v) is 9.13. The fourth-order valence-electron chi connectivity index (χ4n) is 1.44. The largest absolute Gasteiger partial charge is 0.508 e. The Balaban J connectivity index is 2.02. The van der Waals surface area contributed by atoms with E-state index in [9.17, 15) is 0 Å². The number of benzene rings is 2. The van der Waals surface area contributed by atoms with E-state index in [1.165, 1.54) is 0 Å². The van der Waals surface area contributed by atoms with E-state index < -0.39 is 0 Å². The molecule has 0 fully saturated rings. The van der Waals surface area contributed by atoms with Gasteiger partial charge < -0.3 is 9.84 Å². The SMILES string of the molecule is N#Cc1cccc(COc2ccc(O)cc2)c1. The fourth-order valence-corrected chi connectivity index (χ4v) is 1.44. The number of ether oxygens (including phenoxy) is 1. The van der Waals surface area contributed by atoms with Crippen molar-refractivity contribution in [2.24, 2.45) is 0 Å². The molecule has 0 saturated heterocycles. The molecule has 84 valence electrons. The van der Waals surface area contributed by atoms with Crippen molar-refractivity contribution in [3.63, 3.8) is 0 Å². The molecule has 0 aromatic heterocycles. The summed E-state index contributed by atoms with van der Waals surface area (Å²) in [5.41, 5.74) is 1.56. The van der Waals surface area contributed by atoms with Crippen LogP contribution in [-0.2, 0) is 6.61 Å². The van der Waals surface area contributed by atoms with Gasteiger partial charge in [-0.15, -0.1) is 0 Å². The Morgan fingerprint density at radius 3 is 2.59 bits per heavy atom. The first-order valence-electron chi connectivity index (χ1n) is 5.19. The predicted molar refractivity (Wildman–Crippen MR) is 63.6 cm³/mol. The summed E-state index contributed by atoms with van der Waals surface area (Å²) < 4.78 is 5.53. The Bertz CT molecular complexity index is 541. The highest BCUT2D eigenvalue weighted by Gasteiger charge is 1.97. The van der Waals surface area contributed by atoms with Crippen molar-refractivity contribution in [3.8, 4) is 17.6 Å². The third kappa shape index (κ3) is 2.99. The molecular formula is C14H11NO2. The molecule has 2 aromatic rings. The van der Waals surface area contributed by atoms with Crippen LogP contribution in [0.1, 0.15) is 11.1 Å². The Kier molecular flexibility index (Phi) is 3.27. The second-order valence-corrected chi connectivity index (χ2v) is 3.59. The standard InChI is InChI=1S/C14H11NO2/c15-9-11-2-1-3-12(8-11)10-17-14-6-4-13(16)5-7-14/h1-8,16H,10H2. The number of hydrogen-bond acceptors (Lipinski definition) is 3. The van der Waals surface area contributed by atoms with Crippen LogP contribution in [-0.4, -0.2) is 5.11 Å². The maximum atomic E-state index is 9.12. The molecule has 0 aliphatic rings. The van der Waals surface area contributed by atoms with E-state index >= 15 is 0 Å². The summed E-state index contributed by atoms with van der Waals surface area (Å²) in [7, 11) is 0. The fraction of sp³-hybridized carbons (Fsp3) is 0.0714. The van der Waals surface area contributed by atoms with Crippen LogP contribution in [0.5, 0.6) is 11.5 Å². The predicted octanol–water partition coefficient (Wildman–Crippen LogP) is 2.84. The van der Waals surface area contributed by atoms with E-state index in [2.05, 4.69) is 6.07 Å². The van der Waals surface area contributed by atoms with Gasteiger partial charge in [-0.25, -0.2) is 0 Å². The molecule has 0 radical (unpaired) electrons. The van der Waals surface area contributed by atoms with Crippen molar-refractivity contribution in [1.29, 1.82) is 5.26 Å². The number of rotatable bonds is 3. The minimum absolute atomic E-state index is 0.212. The van der Waals surface area contributed by atoms with Crippen LogP contribution in [0.15, 0.2) is 48.5 Å². The van der Waals surface area contributed by atoms with Crippen LogP contribution >= 0.6 is 0 Å². The summed E-state index contributed by atoms with van der Waals surface area (Å²) in [4.78, 5) is 0. The molecule has 0 aliphatic heterocycles. The summed E-state index contributed by atoms with van der Waals surface area (Å²) >= 11 is 0. The van der Waals surface area contributed by atoms with Gasteiger partial charge >= 0.3 is 0 Å². The average Bonchev–Trinajstić information content (AvgIpc) is 2.38. The smallest absolute Gasteiger partial charge is 0.120 e. The lowest BCUT2D eigenvalue weighted by molar-refractivity contribution is 0.305. The van der Waals surface area contributed by atoms with Crippen LogP contribution in [0.4, 0.5) is 0 Å². The second kappa shape index (κ2) is 5.04. The van der Waals surface area contributed by atoms with E-state index in [4.69, 9.17) is 15.1 Å². The summed E-state index contributed by atoms with van der Waals surface area (Å²) in [6, 6.07) is 15.9.